The number of hydrogen-bond donors (Lipinski definition) is 0. The summed E-state index contributed by atoms with van der Waals surface area (Å²) in [6, 6.07) is 42.2. The van der Waals surface area contributed by atoms with Gasteiger partial charge in [0.25, 0.3) is 6.71 Å². The number of hydrogen-bond acceptors (Lipinski definition) is 2. The number of nitrogens with zero attached hydrogens (tertiary/aromatic N) is 2. The van der Waals surface area contributed by atoms with Crippen LogP contribution in [0.4, 0.5) is 17.1 Å². The highest BCUT2D eigenvalue weighted by atomic mass is 16.5. The Kier molecular flexibility index (Phi) is 5.26. The van der Waals surface area contributed by atoms with E-state index in [1.165, 1.54) is 77.5 Å². The maximum absolute atomic E-state index is 6.75. The van der Waals surface area contributed by atoms with Crippen LogP contribution in [0.5, 0.6) is 11.5 Å². The van der Waals surface area contributed by atoms with E-state index >= 15 is 0 Å². The van der Waals surface area contributed by atoms with Crippen LogP contribution in [0.15, 0.2) is 115 Å². The molecule has 0 bridgehead atoms. The second-order valence-corrected chi connectivity index (χ2v) is 12.5. The molecule has 0 radical (unpaired) electrons. The second-order valence-electron chi connectivity index (χ2n) is 12.5. The van der Waals surface area contributed by atoms with E-state index in [2.05, 4.69) is 152 Å². The fourth-order valence-electron chi connectivity index (χ4n) is 7.88. The lowest BCUT2D eigenvalue weighted by molar-refractivity contribution is 0.487. The van der Waals surface area contributed by atoms with E-state index in [0.29, 0.717) is 0 Å². The highest BCUT2D eigenvalue weighted by molar-refractivity contribution is 6.99. The van der Waals surface area contributed by atoms with Crippen LogP contribution in [-0.2, 0) is 0 Å². The van der Waals surface area contributed by atoms with E-state index in [4.69, 9.17) is 4.74 Å². The van der Waals surface area contributed by atoms with Gasteiger partial charge in [0.15, 0.2) is 0 Å². The van der Waals surface area contributed by atoms with Gasteiger partial charge in [-0.15, -0.1) is 0 Å². The summed E-state index contributed by atoms with van der Waals surface area (Å²) in [5.74, 6) is 1.86. The molecular formula is C40H31BN2O. The normalized spacial score (nSPS) is 13.1. The molecule has 0 fully saturated rings. The van der Waals surface area contributed by atoms with Crippen molar-refractivity contribution in [1.82, 2.24) is 4.57 Å². The minimum absolute atomic E-state index is 0.0516. The Morgan fingerprint density at radius 2 is 1.20 bits per heavy atom. The van der Waals surface area contributed by atoms with Crippen molar-refractivity contribution in [2.45, 2.75) is 27.7 Å². The van der Waals surface area contributed by atoms with Crippen LogP contribution in [-0.4, -0.2) is 11.3 Å². The number of anilines is 3. The molecule has 0 atom stereocenters. The van der Waals surface area contributed by atoms with E-state index in [9.17, 15) is 0 Å². The SMILES string of the molecule is Cc1cc(C)cc(N2c3cc(C)cc(C)c3B3c4cc(-n5c6ccccc6c6ccccc65)ccc4Oc4cccc2c43)c1. The third kappa shape index (κ3) is 3.51. The molecule has 0 N–H and O–H groups in total. The number of fused-ring (bicyclic) bond motifs is 7. The van der Waals surface area contributed by atoms with Gasteiger partial charge < -0.3 is 14.2 Å². The third-order valence-corrected chi connectivity index (χ3v) is 9.44. The van der Waals surface area contributed by atoms with Crippen LogP contribution in [0, 0.1) is 27.7 Å². The molecule has 3 nitrogen and oxygen atoms in total. The standard InChI is InChI=1S/C40H31BN2O/c1-24-18-25(2)21-29(20-24)43-35-14-9-15-38-40(35)41(39-27(4)19-26(3)22-36(39)43)32-23-28(16-17-37(32)44-38)42-33-12-7-5-10-30(33)31-11-6-8-13-34(31)42/h5-23H,1-4H3. The molecule has 0 aliphatic carbocycles. The van der Waals surface area contributed by atoms with Crippen molar-refractivity contribution in [1.29, 1.82) is 0 Å². The van der Waals surface area contributed by atoms with Gasteiger partial charge in [-0.25, -0.2) is 0 Å². The molecule has 210 valence electrons. The number of aromatic nitrogens is 1. The molecule has 4 heteroatoms. The van der Waals surface area contributed by atoms with E-state index < -0.39 is 0 Å². The van der Waals surface area contributed by atoms with Gasteiger partial charge >= 0.3 is 0 Å². The van der Waals surface area contributed by atoms with Crippen LogP contribution in [0.3, 0.4) is 0 Å². The Morgan fingerprint density at radius 3 is 1.93 bits per heavy atom. The van der Waals surface area contributed by atoms with Gasteiger partial charge in [0.2, 0.25) is 0 Å². The Labute approximate surface area is 258 Å². The molecule has 0 saturated heterocycles. The zero-order valence-corrected chi connectivity index (χ0v) is 25.3. The van der Waals surface area contributed by atoms with E-state index in [-0.39, 0.29) is 6.71 Å². The average molecular weight is 567 g/mol. The molecule has 7 aromatic rings. The van der Waals surface area contributed by atoms with Crippen molar-refractivity contribution in [3.05, 3.63) is 138 Å². The lowest BCUT2D eigenvalue weighted by Gasteiger charge is -2.41. The lowest BCUT2D eigenvalue weighted by atomic mass is 9.33. The summed E-state index contributed by atoms with van der Waals surface area (Å²) in [6.45, 7) is 8.89. The Hall–Kier alpha value is -5.22. The zero-order chi connectivity index (χ0) is 29.7. The van der Waals surface area contributed by atoms with Crippen LogP contribution in [0.2, 0.25) is 0 Å². The van der Waals surface area contributed by atoms with Gasteiger partial charge in [0.05, 0.1) is 11.0 Å². The summed E-state index contributed by atoms with van der Waals surface area (Å²) in [4.78, 5) is 2.45. The van der Waals surface area contributed by atoms with Crippen molar-refractivity contribution in [2.24, 2.45) is 0 Å². The number of ether oxygens (including phenoxy) is 1. The first-order chi connectivity index (χ1) is 21.5. The summed E-state index contributed by atoms with van der Waals surface area (Å²) in [6.07, 6.45) is 0. The topological polar surface area (TPSA) is 17.4 Å². The first-order valence-corrected chi connectivity index (χ1v) is 15.4. The molecule has 9 rings (SSSR count). The fraction of sp³-hybridized carbons (Fsp3) is 0.100. The van der Waals surface area contributed by atoms with E-state index in [0.717, 1.165) is 17.2 Å². The Morgan fingerprint density at radius 1 is 0.523 bits per heavy atom. The molecule has 0 amide bonds. The van der Waals surface area contributed by atoms with E-state index in [1.54, 1.807) is 0 Å². The van der Waals surface area contributed by atoms with Gasteiger partial charge in [0.1, 0.15) is 11.5 Å². The Bertz CT molecular complexity index is 2260. The molecule has 0 spiro atoms. The summed E-state index contributed by atoms with van der Waals surface area (Å²) in [5.41, 5.74) is 16.1. The second kappa shape index (κ2) is 9.14. The number of rotatable bonds is 2. The highest BCUT2D eigenvalue weighted by Crippen LogP contribution is 2.42. The van der Waals surface area contributed by atoms with Gasteiger partial charge in [-0.1, -0.05) is 60.2 Å². The van der Waals surface area contributed by atoms with Crippen LogP contribution in [0.1, 0.15) is 22.3 Å². The van der Waals surface area contributed by atoms with Crippen LogP contribution < -0.4 is 26.0 Å². The smallest absolute Gasteiger partial charge is 0.256 e. The van der Waals surface area contributed by atoms with Gasteiger partial charge in [-0.3, -0.25) is 0 Å². The number of benzene rings is 6. The highest BCUT2D eigenvalue weighted by Gasteiger charge is 2.42. The average Bonchev–Trinajstić information content (AvgIpc) is 3.34. The van der Waals surface area contributed by atoms with Crippen molar-refractivity contribution >= 4 is 62.0 Å². The predicted octanol–water partition coefficient (Wildman–Crippen LogP) is 8.42. The van der Waals surface area contributed by atoms with E-state index in [1.807, 2.05) is 0 Å². The lowest BCUT2D eigenvalue weighted by Crippen LogP contribution is -2.60. The minimum Gasteiger partial charge on any atom is -0.458 e. The van der Waals surface area contributed by atoms with Crippen molar-refractivity contribution in [3.63, 3.8) is 0 Å². The molecule has 3 heterocycles. The summed E-state index contributed by atoms with van der Waals surface area (Å²) >= 11 is 0. The number of aryl methyl sites for hydroxylation is 4. The first kappa shape index (κ1) is 25.3. The van der Waals surface area contributed by atoms with Crippen LogP contribution >= 0.6 is 0 Å². The quantitative estimate of drug-likeness (QED) is 0.196. The minimum atomic E-state index is 0.0516. The number of para-hydroxylation sites is 2. The first-order valence-electron chi connectivity index (χ1n) is 15.4. The molecule has 6 aromatic carbocycles. The van der Waals surface area contributed by atoms with Crippen molar-refractivity contribution < 1.29 is 4.74 Å². The molecule has 0 unspecified atom stereocenters. The third-order valence-electron chi connectivity index (χ3n) is 9.44. The maximum Gasteiger partial charge on any atom is 0.256 e. The predicted molar refractivity (Wildman–Crippen MR) is 186 cm³/mol. The Balaban J connectivity index is 1.33. The molecule has 44 heavy (non-hydrogen) atoms. The molecule has 2 aliphatic rings. The molecule has 1 aromatic heterocycles. The molecule has 2 aliphatic heterocycles. The van der Waals surface area contributed by atoms with Gasteiger partial charge in [-0.2, -0.15) is 0 Å². The monoisotopic (exact) mass is 566 g/mol. The van der Waals surface area contributed by atoms with Crippen LogP contribution in [0.25, 0.3) is 27.5 Å². The fourth-order valence-corrected chi connectivity index (χ4v) is 7.88. The largest absolute Gasteiger partial charge is 0.458 e. The molecular weight excluding hydrogens is 535 g/mol. The zero-order valence-electron chi connectivity index (χ0n) is 25.3. The van der Waals surface area contributed by atoms with Crippen molar-refractivity contribution in [3.8, 4) is 17.2 Å². The van der Waals surface area contributed by atoms with Gasteiger partial charge in [-0.05, 0) is 121 Å². The summed E-state index contributed by atoms with van der Waals surface area (Å²) in [7, 11) is 0. The van der Waals surface area contributed by atoms with Gasteiger partial charge in [0, 0.05) is 33.5 Å². The maximum atomic E-state index is 6.75. The van der Waals surface area contributed by atoms with Crippen molar-refractivity contribution in [2.75, 3.05) is 4.90 Å². The summed E-state index contributed by atoms with van der Waals surface area (Å²) < 4.78 is 9.15. The molecule has 0 saturated carbocycles. The summed E-state index contributed by atoms with van der Waals surface area (Å²) in [5, 5.41) is 2.53.